The Labute approximate surface area is 87.4 Å². The average Bonchev–Trinajstić information content (AvgIpc) is 2.16. The van der Waals surface area contributed by atoms with E-state index in [4.69, 9.17) is 5.11 Å². The average molecular weight is 210 g/mol. The van der Waals surface area contributed by atoms with Crippen LogP contribution in [0.25, 0.3) is 0 Å². The molecule has 0 fully saturated rings. The summed E-state index contributed by atoms with van der Waals surface area (Å²) in [6, 6.07) is -0.0889. The summed E-state index contributed by atoms with van der Waals surface area (Å²) in [5, 5.41) is 8.94. The third kappa shape index (κ3) is 2.23. The van der Waals surface area contributed by atoms with Gasteiger partial charge in [0.05, 0.1) is 11.3 Å². The van der Waals surface area contributed by atoms with Gasteiger partial charge in [0.1, 0.15) is 0 Å². The van der Waals surface area contributed by atoms with E-state index in [1.807, 2.05) is 0 Å². The highest BCUT2D eigenvalue weighted by atomic mass is 16.4. The maximum absolute atomic E-state index is 11.5. The molecular weight excluding hydrogens is 196 g/mol. The Kier molecular flexibility index (Phi) is 3.24. The van der Waals surface area contributed by atoms with Crippen molar-refractivity contribution in [2.24, 2.45) is 0 Å². The van der Waals surface area contributed by atoms with Crippen molar-refractivity contribution in [2.75, 3.05) is 0 Å². The number of aromatic nitrogens is 2. The number of hydrogen-bond donors (Lipinski definition) is 1. The number of aromatic carboxylic acids is 1. The van der Waals surface area contributed by atoms with E-state index < -0.39 is 11.7 Å². The SMILES string of the molecule is CCc1nc(=O)n(C(C)C)cc1C(=O)O. The molecule has 0 radical (unpaired) electrons. The van der Waals surface area contributed by atoms with Crippen molar-refractivity contribution < 1.29 is 9.90 Å². The molecule has 5 nitrogen and oxygen atoms in total. The van der Waals surface area contributed by atoms with Gasteiger partial charge in [0.25, 0.3) is 0 Å². The number of rotatable bonds is 3. The summed E-state index contributed by atoms with van der Waals surface area (Å²) in [4.78, 5) is 26.1. The van der Waals surface area contributed by atoms with E-state index in [-0.39, 0.29) is 11.6 Å². The molecule has 0 saturated carbocycles. The quantitative estimate of drug-likeness (QED) is 0.810. The molecular formula is C10H14N2O3. The van der Waals surface area contributed by atoms with Crippen LogP contribution in [0.1, 0.15) is 42.9 Å². The highest BCUT2D eigenvalue weighted by molar-refractivity contribution is 5.88. The van der Waals surface area contributed by atoms with Gasteiger partial charge in [-0.3, -0.25) is 4.57 Å². The number of hydrogen-bond acceptors (Lipinski definition) is 3. The Bertz CT molecular complexity index is 435. The molecule has 1 aromatic heterocycles. The van der Waals surface area contributed by atoms with Gasteiger partial charge in [0.15, 0.2) is 0 Å². The molecule has 0 unspecified atom stereocenters. The van der Waals surface area contributed by atoms with Crippen LogP contribution in [-0.2, 0) is 6.42 Å². The molecule has 0 aliphatic heterocycles. The lowest BCUT2D eigenvalue weighted by Gasteiger charge is -2.11. The summed E-state index contributed by atoms with van der Waals surface area (Å²) in [7, 11) is 0. The second-order valence-corrected chi connectivity index (χ2v) is 3.54. The van der Waals surface area contributed by atoms with Crippen molar-refractivity contribution in [1.29, 1.82) is 0 Å². The van der Waals surface area contributed by atoms with Crippen molar-refractivity contribution in [3.63, 3.8) is 0 Å². The van der Waals surface area contributed by atoms with Gasteiger partial charge in [-0.05, 0) is 20.3 Å². The van der Waals surface area contributed by atoms with Gasteiger partial charge >= 0.3 is 11.7 Å². The van der Waals surface area contributed by atoms with Crippen LogP contribution in [0.15, 0.2) is 11.0 Å². The van der Waals surface area contributed by atoms with Crippen molar-refractivity contribution in [3.8, 4) is 0 Å². The highest BCUT2D eigenvalue weighted by Crippen LogP contribution is 2.07. The zero-order chi connectivity index (χ0) is 11.6. The summed E-state index contributed by atoms with van der Waals surface area (Å²) in [5.74, 6) is -1.05. The maximum Gasteiger partial charge on any atom is 0.348 e. The monoisotopic (exact) mass is 210 g/mol. The molecule has 1 N–H and O–H groups in total. The lowest BCUT2D eigenvalue weighted by molar-refractivity contribution is 0.0693. The van der Waals surface area contributed by atoms with E-state index in [0.29, 0.717) is 12.1 Å². The van der Waals surface area contributed by atoms with E-state index in [1.54, 1.807) is 20.8 Å². The minimum Gasteiger partial charge on any atom is -0.478 e. The first-order valence-electron chi connectivity index (χ1n) is 4.82. The number of aryl methyl sites for hydroxylation is 1. The second-order valence-electron chi connectivity index (χ2n) is 3.54. The van der Waals surface area contributed by atoms with Crippen LogP contribution >= 0.6 is 0 Å². The van der Waals surface area contributed by atoms with Crippen LogP contribution in [-0.4, -0.2) is 20.6 Å². The predicted octanol–water partition coefficient (Wildman–Crippen LogP) is 1.08. The van der Waals surface area contributed by atoms with Gasteiger partial charge < -0.3 is 5.11 Å². The Morgan fingerprint density at radius 1 is 1.60 bits per heavy atom. The molecule has 0 aliphatic carbocycles. The topological polar surface area (TPSA) is 72.2 Å². The van der Waals surface area contributed by atoms with E-state index in [1.165, 1.54) is 10.8 Å². The first-order valence-corrected chi connectivity index (χ1v) is 4.82. The zero-order valence-electron chi connectivity index (χ0n) is 9.02. The van der Waals surface area contributed by atoms with E-state index >= 15 is 0 Å². The zero-order valence-corrected chi connectivity index (χ0v) is 9.02. The van der Waals surface area contributed by atoms with Crippen LogP contribution in [0.5, 0.6) is 0 Å². The summed E-state index contributed by atoms with van der Waals surface area (Å²) < 4.78 is 1.32. The Hall–Kier alpha value is -1.65. The molecule has 0 aliphatic rings. The van der Waals surface area contributed by atoms with Crippen molar-refractivity contribution in [2.45, 2.75) is 33.2 Å². The minimum absolute atomic E-state index is 0.0889. The maximum atomic E-state index is 11.5. The molecule has 1 rings (SSSR count). The summed E-state index contributed by atoms with van der Waals surface area (Å²) in [5.41, 5.74) is 0.0436. The largest absolute Gasteiger partial charge is 0.478 e. The molecule has 1 aromatic rings. The molecule has 5 heteroatoms. The first kappa shape index (κ1) is 11.4. The lowest BCUT2D eigenvalue weighted by atomic mass is 10.2. The summed E-state index contributed by atoms with van der Waals surface area (Å²) in [6.45, 7) is 5.38. The number of carboxylic acids is 1. The third-order valence-corrected chi connectivity index (χ3v) is 2.15. The van der Waals surface area contributed by atoms with Crippen molar-refractivity contribution in [3.05, 3.63) is 27.9 Å². The van der Waals surface area contributed by atoms with Crippen LogP contribution in [0, 0.1) is 0 Å². The lowest BCUT2D eigenvalue weighted by Crippen LogP contribution is -2.27. The molecule has 0 aromatic carbocycles. The van der Waals surface area contributed by atoms with E-state index in [9.17, 15) is 9.59 Å². The normalized spacial score (nSPS) is 10.7. The molecule has 15 heavy (non-hydrogen) atoms. The second kappa shape index (κ2) is 4.25. The molecule has 1 heterocycles. The van der Waals surface area contributed by atoms with Crippen LogP contribution in [0.3, 0.4) is 0 Å². The number of carboxylic acid groups (broad SMARTS) is 1. The number of nitrogens with zero attached hydrogens (tertiary/aromatic N) is 2. The fraction of sp³-hybridized carbons (Fsp3) is 0.500. The van der Waals surface area contributed by atoms with Gasteiger partial charge in [-0.1, -0.05) is 6.92 Å². The highest BCUT2D eigenvalue weighted by Gasteiger charge is 2.14. The Morgan fingerprint density at radius 2 is 2.20 bits per heavy atom. The molecule has 0 amide bonds. The van der Waals surface area contributed by atoms with Crippen molar-refractivity contribution in [1.82, 2.24) is 9.55 Å². The first-order chi connectivity index (χ1) is 6.97. The molecule has 0 atom stereocenters. The summed E-state index contributed by atoms with van der Waals surface area (Å²) >= 11 is 0. The van der Waals surface area contributed by atoms with Crippen LogP contribution in [0.2, 0.25) is 0 Å². The van der Waals surface area contributed by atoms with Gasteiger partial charge in [0, 0.05) is 12.2 Å². The Balaban J connectivity index is 3.44. The standard InChI is InChI=1S/C10H14N2O3/c1-4-8-7(9(13)14)5-12(6(2)3)10(15)11-8/h5-6H,4H2,1-3H3,(H,13,14). The van der Waals surface area contributed by atoms with Gasteiger partial charge in [-0.15, -0.1) is 0 Å². The molecule has 0 saturated heterocycles. The minimum atomic E-state index is -1.05. The summed E-state index contributed by atoms with van der Waals surface area (Å²) in [6.07, 6.45) is 1.80. The van der Waals surface area contributed by atoms with Gasteiger partial charge in [-0.25, -0.2) is 9.59 Å². The van der Waals surface area contributed by atoms with Crippen LogP contribution < -0.4 is 5.69 Å². The molecule has 0 bridgehead atoms. The third-order valence-electron chi connectivity index (χ3n) is 2.15. The molecule has 0 spiro atoms. The van der Waals surface area contributed by atoms with E-state index in [2.05, 4.69) is 4.98 Å². The van der Waals surface area contributed by atoms with E-state index in [0.717, 1.165) is 0 Å². The number of carbonyl (C=O) groups is 1. The van der Waals surface area contributed by atoms with Gasteiger partial charge in [-0.2, -0.15) is 4.98 Å². The predicted molar refractivity (Wildman–Crippen MR) is 55.2 cm³/mol. The van der Waals surface area contributed by atoms with Crippen LogP contribution in [0.4, 0.5) is 0 Å². The Morgan fingerprint density at radius 3 is 2.60 bits per heavy atom. The molecule has 82 valence electrons. The fourth-order valence-corrected chi connectivity index (χ4v) is 1.32. The fourth-order valence-electron chi connectivity index (χ4n) is 1.32. The van der Waals surface area contributed by atoms with Crippen molar-refractivity contribution >= 4 is 5.97 Å². The smallest absolute Gasteiger partial charge is 0.348 e. The van der Waals surface area contributed by atoms with Gasteiger partial charge in [0.2, 0.25) is 0 Å².